The van der Waals surface area contributed by atoms with E-state index >= 15 is 0 Å². The highest BCUT2D eigenvalue weighted by Gasteiger charge is 2.30. The molecule has 0 unspecified atom stereocenters. The van der Waals surface area contributed by atoms with Crippen LogP contribution in [0.25, 0.3) is 0 Å². The maximum Gasteiger partial charge on any atom is -0.0386 e. The molecule has 0 radical (unpaired) electrons. The minimum Gasteiger partial charge on any atom is -0.0654 e. The van der Waals surface area contributed by atoms with Gasteiger partial charge in [-0.2, -0.15) is 0 Å². The summed E-state index contributed by atoms with van der Waals surface area (Å²) in [6, 6.07) is 0. The van der Waals surface area contributed by atoms with E-state index in [1.165, 1.54) is 57.8 Å². The lowest BCUT2D eigenvalue weighted by atomic mass is 9.68. The van der Waals surface area contributed by atoms with Crippen LogP contribution in [0.1, 0.15) is 129 Å². The maximum atomic E-state index is 2.34. The van der Waals surface area contributed by atoms with Crippen LogP contribution in [-0.2, 0) is 0 Å². The van der Waals surface area contributed by atoms with Gasteiger partial charge >= 0.3 is 0 Å². The molecule has 0 N–H and O–H groups in total. The van der Waals surface area contributed by atoms with Crippen molar-refractivity contribution in [3.8, 4) is 0 Å². The molecular formula is C24H46. The largest absolute Gasteiger partial charge is 0.0654 e. The monoisotopic (exact) mass is 334 g/mol. The van der Waals surface area contributed by atoms with Crippen molar-refractivity contribution >= 4 is 0 Å². The summed E-state index contributed by atoms with van der Waals surface area (Å²) in [7, 11) is 0. The summed E-state index contributed by atoms with van der Waals surface area (Å²) in [6.07, 6.45) is 27.3. The number of unbranched alkanes of at least 4 members (excludes halogenated alkanes) is 6. The predicted octanol–water partition coefficient (Wildman–Crippen LogP) is 8.54. The fraction of sp³-hybridized carbons (Fsp3) is 1.00. The minimum atomic E-state index is 1.09. The standard InChI is InChI=1S/C24H46/c1-3-5-7-8-9-10-12-22-15-19-24(20-16-22)23-17-13-21(14-18-23)11-6-4-2/h21-24H,3-20H2,1-2H3/t21-,22-,23-,24-. The molecule has 2 aliphatic carbocycles. The summed E-state index contributed by atoms with van der Waals surface area (Å²) >= 11 is 0. The van der Waals surface area contributed by atoms with Gasteiger partial charge in [0.05, 0.1) is 0 Å². The molecule has 0 nitrogen and oxygen atoms in total. The van der Waals surface area contributed by atoms with E-state index in [0.29, 0.717) is 0 Å². The summed E-state index contributed by atoms with van der Waals surface area (Å²) in [5.74, 6) is 4.40. The van der Waals surface area contributed by atoms with Crippen molar-refractivity contribution in [3.63, 3.8) is 0 Å². The summed E-state index contributed by atoms with van der Waals surface area (Å²) in [4.78, 5) is 0. The van der Waals surface area contributed by atoms with Gasteiger partial charge in [0.25, 0.3) is 0 Å². The van der Waals surface area contributed by atoms with Crippen LogP contribution in [0, 0.1) is 23.7 Å². The molecule has 0 aliphatic heterocycles. The summed E-state index contributed by atoms with van der Waals surface area (Å²) in [5.41, 5.74) is 0. The molecule has 0 spiro atoms. The van der Waals surface area contributed by atoms with Gasteiger partial charge in [-0.25, -0.2) is 0 Å². The van der Waals surface area contributed by atoms with E-state index in [4.69, 9.17) is 0 Å². The van der Waals surface area contributed by atoms with Gasteiger partial charge in [0.15, 0.2) is 0 Å². The predicted molar refractivity (Wildman–Crippen MR) is 108 cm³/mol. The molecule has 0 aromatic carbocycles. The quantitative estimate of drug-likeness (QED) is 0.332. The molecule has 0 amide bonds. The average Bonchev–Trinajstić information content (AvgIpc) is 2.64. The Morgan fingerprint density at radius 3 is 1.38 bits per heavy atom. The topological polar surface area (TPSA) is 0 Å². The second kappa shape index (κ2) is 12.4. The Morgan fingerprint density at radius 2 is 0.875 bits per heavy atom. The normalized spacial score (nSPS) is 31.2. The first-order valence-electron chi connectivity index (χ1n) is 11.8. The second-order valence-electron chi connectivity index (χ2n) is 9.26. The van der Waals surface area contributed by atoms with Crippen molar-refractivity contribution in [1.82, 2.24) is 0 Å². The van der Waals surface area contributed by atoms with Crippen LogP contribution in [0.3, 0.4) is 0 Å². The SMILES string of the molecule is CCCCCCCC[C@H]1CC[C@H]([C@H]2CC[C@H](CCCC)CC2)CC1. The molecule has 0 atom stereocenters. The molecule has 24 heavy (non-hydrogen) atoms. The molecule has 2 fully saturated rings. The Balaban J connectivity index is 1.52. The molecule has 2 saturated carbocycles. The van der Waals surface area contributed by atoms with Crippen molar-refractivity contribution in [2.45, 2.75) is 129 Å². The second-order valence-corrected chi connectivity index (χ2v) is 9.26. The van der Waals surface area contributed by atoms with Gasteiger partial charge in [0, 0.05) is 0 Å². The average molecular weight is 335 g/mol. The molecule has 142 valence electrons. The van der Waals surface area contributed by atoms with Crippen LogP contribution in [0.2, 0.25) is 0 Å². The van der Waals surface area contributed by atoms with E-state index in [-0.39, 0.29) is 0 Å². The van der Waals surface area contributed by atoms with Crippen molar-refractivity contribution in [2.75, 3.05) is 0 Å². The Kier molecular flexibility index (Phi) is 10.5. The van der Waals surface area contributed by atoms with Crippen LogP contribution < -0.4 is 0 Å². The highest BCUT2D eigenvalue weighted by atomic mass is 14.4. The number of rotatable bonds is 11. The number of hydrogen-bond donors (Lipinski definition) is 0. The third-order valence-corrected chi connectivity index (χ3v) is 7.38. The Morgan fingerprint density at radius 1 is 0.458 bits per heavy atom. The Labute approximate surface area is 153 Å². The van der Waals surface area contributed by atoms with Crippen molar-refractivity contribution < 1.29 is 0 Å². The maximum absolute atomic E-state index is 2.34. The number of hydrogen-bond acceptors (Lipinski definition) is 0. The zero-order chi connectivity index (χ0) is 17.0. The third kappa shape index (κ3) is 7.49. The van der Waals surface area contributed by atoms with Crippen LogP contribution in [-0.4, -0.2) is 0 Å². The van der Waals surface area contributed by atoms with Gasteiger partial charge in [0.2, 0.25) is 0 Å². The molecule has 0 bridgehead atoms. The van der Waals surface area contributed by atoms with E-state index in [1.54, 1.807) is 57.8 Å². The van der Waals surface area contributed by atoms with Crippen molar-refractivity contribution in [2.24, 2.45) is 23.7 Å². The van der Waals surface area contributed by atoms with E-state index in [9.17, 15) is 0 Å². The van der Waals surface area contributed by atoms with Crippen LogP contribution in [0.4, 0.5) is 0 Å². The van der Waals surface area contributed by atoms with Crippen molar-refractivity contribution in [1.29, 1.82) is 0 Å². The zero-order valence-electron chi connectivity index (χ0n) is 17.0. The van der Waals surface area contributed by atoms with Crippen LogP contribution >= 0.6 is 0 Å². The lowest BCUT2D eigenvalue weighted by molar-refractivity contribution is 0.139. The fourth-order valence-electron chi connectivity index (χ4n) is 5.60. The highest BCUT2D eigenvalue weighted by Crippen LogP contribution is 2.43. The first-order valence-corrected chi connectivity index (χ1v) is 11.8. The molecular weight excluding hydrogens is 288 g/mol. The summed E-state index contributed by atoms with van der Waals surface area (Å²) < 4.78 is 0. The van der Waals surface area contributed by atoms with Gasteiger partial charge in [-0.15, -0.1) is 0 Å². The van der Waals surface area contributed by atoms with Gasteiger partial charge < -0.3 is 0 Å². The highest BCUT2D eigenvalue weighted by molar-refractivity contribution is 4.82. The Hall–Kier alpha value is 0. The van der Waals surface area contributed by atoms with Gasteiger partial charge in [-0.1, -0.05) is 104 Å². The molecule has 0 heterocycles. The van der Waals surface area contributed by atoms with Gasteiger partial charge in [-0.3, -0.25) is 0 Å². The van der Waals surface area contributed by atoms with E-state index in [1.807, 2.05) is 0 Å². The summed E-state index contributed by atoms with van der Waals surface area (Å²) in [5, 5.41) is 0. The first kappa shape index (κ1) is 20.3. The minimum absolute atomic E-state index is 1.09. The van der Waals surface area contributed by atoms with Crippen LogP contribution in [0.15, 0.2) is 0 Å². The smallest absolute Gasteiger partial charge is 0.0386 e. The summed E-state index contributed by atoms with van der Waals surface area (Å²) in [6.45, 7) is 4.66. The van der Waals surface area contributed by atoms with Gasteiger partial charge in [-0.05, 0) is 49.4 Å². The zero-order valence-corrected chi connectivity index (χ0v) is 17.0. The molecule has 0 aromatic heterocycles. The van der Waals surface area contributed by atoms with Crippen molar-refractivity contribution in [3.05, 3.63) is 0 Å². The lowest BCUT2D eigenvalue weighted by Gasteiger charge is -2.38. The molecule has 2 aliphatic rings. The van der Waals surface area contributed by atoms with E-state index in [2.05, 4.69) is 13.8 Å². The Bertz CT molecular complexity index is 278. The van der Waals surface area contributed by atoms with Crippen LogP contribution in [0.5, 0.6) is 0 Å². The fourth-order valence-corrected chi connectivity index (χ4v) is 5.60. The van der Waals surface area contributed by atoms with E-state index < -0.39 is 0 Å². The van der Waals surface area contributed by atoms with Gasteiger partial charge in [0.1, 0.15) is 0 Å². The molecule has 0 heteroatoms. The first-order chi connectivity index (χ1) is 11.8. The lowest BCUT2D eigenvalue weighted by Crippen LogP contribution is -2.25. The molecule has 0 saturated heterocycles. The third-order valence-electron chi connectivity index (χ3n) is 7.38. The van der Waals surface area contributed by atoms with E-state index in [0.717, 1.165) is 23.7 Å². The molecule has 2 rings (SSSR count). The molecule has 0 aromatic rings.